The summed E-state index contributed by atoms with van der Waals surface area (Å²) >= 11 is 1.74. The number of ether oxygens (including phenoxy) is 1. The van der Waals surface area contributed by atoms with E-state index in [1.165, 1.54) is 0 Å². The zero-order chi connectivity index (χ0) is 16.9. The third-order valence-corrected chi connectivity index (χ3v) is 6.44. The van der Waals surface area contributed by atoms with Gasteiger partial charge >= 0.3 is 0 Å². The Labute approximate surface area is 150 Å². The summed E-state index contributed by atoms with van der Waals surface area (Å²) in [5.74, 6) is 0.101. The Morgan fingerprint density at radius 1 is 0.760 bits per heavy atom. The molecule has 2 aliphatic rings. The Hall–Kier alpha value is -2.36. The van der Waals surface area contributed by atoms with E-state index in [1.54, 1.807) is 11.8 Å². The fourth-order valence-corrected chi connectivity index (χ4v) is 5.17. The van der Waals surface area contributed by atoms with E-state index in [0.29, 0.717) is 0 Å². The van der Waals surface area contributed by atoms with Crippen molar-refractivity contribution in [3.63, 3.8) is 0 Å². The van der Waals surface area contributed by atoms with Crippen LogP contribution in [0.4, 0.5) is 0 Å². The van der Waals surface area contributed by atoms with Gasteiger partial charge in [-0.15, -0.1) is 11.8 Å². The van der Waals surface area contributed by atoms with Gasteiger partial charge in [0.1, 0.15) is 6.10 Å². The molecule has 3 aromatic carbocycles. The molecule has 1 spiro atoms. The largest absolute Gasteiger partial charge is 0.351 e. The maximum atomic E-state index is 13.4. The molecule has 122 valence electrons. The van der Waals surface area contributed by atoms with E-state index in [4.69, 9.17) is 4.74 Å². The van der Waals surface area contributed by atoms with Crippen molar-refractivity contribution in [3.05, 3.63) is 102 Å². The Kier molecular flexibility index (Phi) is 3.34. The van der Waals surface area contributed by atoms with Gasteiger partial charge in [-0.2, -0.15) is 0 Å². The first kappa shape index (κ1) is 14.9. The fraction of sp³-hybridized carbons (Fsp3) is 0.136. The number of benzene rings is 3. The molecule has 0 N–H and O–H groups in total. The molecule has 2 heterocycles. The summed E-state index contributed by atoms with van der Waals surface area (Å²) in [6.07, 6.45) is -0.188. The van der Waals surface area contributed by atoms with Crippen molar-refractivity contribution < 1.29 is 9.53 Å². The zero-order valence-electron chi connectivity index (χ0n) is 13.5. The predicted molar refractivity (Wildman–Crippen MR) is 98.8 cm³/mol. The van der Waals surface area contributed by atoms with Gasteiger partial charge < -0.3 is 4.74 Å². The number of epoxide rings is 1. The van der Waals surface area contributed by atoms with Gasteiger partial charge in [0.2, 0.25) is 0 Å². The van der Waals surface area contributed by atoms with Crippen molar-refractivity contribution in [2.75, 3.05) is 0 Å². The Morgan fingerprint density at radius 3 is 2.08 bits per heavy atom. The maximum Gasteiger partial charge on any atom is 0.200 e. The lowest BCUT2D eigenvalue weighted by Crippen LogP contribution is -2.35. The minimum atomic E-state index is -0.804. The first-order valence-corrected chi connectivity index (χ1v) is 9.27. The summed E-state index contributed by atoms with van der Waals surface area (Å²) in [7, 11) is 0. The average molecular weight is 344 g/mol. The van der Waals surface area contributed by atoms with Crippen LogP contribution in [-0.4, -0.2) is 11.4 Å². The second kappa shape index (κ2) is 5.58. The topological polar surface area (TPSA) is 29.6 Å². The van der Waals surface area contributed by atoms with E-state index < -0.39 is 5.60 Å². The molecule has 3 atom stereocenters. The SMILES string of the molecule is O=C1c2ccccc2S[C@@H](c2ccccc2)[C@]12O[C@H]2c1ccccc1. The second-order valence-electron chi connectivity index (χ2n) is 6.44. The molecule has 0 aromatic heterocycles. The van der Waals surface area contributed by atoms with Crippen molar-refractivity contribution in [1.29, 1.82) is 0 Å². The molecule has 1 saturated heterocycles. The van der Waals surface area contributed by atoms with Crippen molar-refractivity contribution in [1.82, 2.24) is 0 Å². The second-order valence-corrected chi connectivity index (χ2v) is 7.58. The van der Waals surface area contributed by atoms with Gasteiger partial charge in [-0.1, -0.05) is 78.9 Å². The molecule has 0 amide bonds. The van der Waals surface area contributed by atoms with E-state index in [9.17, 15) is 4.79 Å². The summed E-state index contributed by atoms with van der Waals surface area (Å²) in [4.78, 5) is 14.5. The van der Waals surface area contributed by atoms with E-state index >= 15 is 0 Å². The van der Waals surface area contributed by atoms with E-state index in [0.717, 1.165) is 21.6 Å². The van der Waals surface area contributed by atoms with Crippen LogP contribution in [0.25, 0.3) is 0 Å². The molecular weight excluding hydrogens is 328 g/mol. The summed E-state index contributed by atoms with van der Waals surface area (Å²) < 4.78 is 6.20. The normalized spacial score (nSPS) is 27.1. The van der Waals surface area contributed by atoms with Crippen LogP contribution in [0.2, 0.25) is 0 Å². The van der Waals surface area contributed by atoms with Crippen LogP contribution in [0.3, 0.4) is 0 Å². The molecule has 0 bridgehead atoms. The van der Waals surface area contributed by atoms with Crippen LogP contribution < -0.4 is 0 Å². The summed E-state index contributed by atoms with van der Waals surface area (Å²) in [6, 6.07) is 28.1. The zero-order valence-corrected chi connectivity index (χ0v) is 14.3. The molecule has 3 heteroatoms. The smallest absolute Gasteiger partial charge is 0.200 e. The Bertz CT molecular complexity index is 939. The maximum absolute atomic E-state index is 13.4. The van der Waals surface area contributed by atoms with Gasteiger partial charge in [0.15, 0.2) is 11.4 Å². The number of carbonyl (C=O) groups excluding carboxylic acids is 1. The van der Waals surface area contributed by atoms with Crippen molar-refractivity contribution >= 4 is 17.5 Å². The highest BCUT2D eigenvalue weighted by Gasteiger charge is 2.69. The molecule has 0 radical (unpaired) electrons. The van der Waals surface area contributed by atoms with Crippen LogP contribution in [0, 0.1) is 0 Å². The molecule has 2 nitrogen and oxygen atoms in total. The van der Waals surface area contributed by atoms with Gasteiger partial charge in [-0.25, -0.2) is 0 Å². The number of rotatable bonds is 2. The number of thioether (sulfide) groups is 1. The average Bonchev–Trinajstić information content (AvgIpc) is 3.43. The molecule has 5 rings (SSSR count). The van der Waals surface area contributed by atoms with Crippen molar-refractivity contribution in [3.8, 4) is 0 Å². The lowest BCUT2D eigenvalue weighted by molar-refractivity contribution is 0.0861. The molecular formula is C22H16O2S. The Balaban J connectivity index is 1.65. The van der Waals surface area contributed by atoms with Crippen LogP contribution >= 0.6 is 11.8 Å². The fourth-order valence-electron chi connectivity index (χ4n) is 3.72. The number of ketones is 1. The number of fused-ring (bicyclic) bond motifs is 1. The van der Waals surface area contributed by atoms with E-state index in [1.807, 2.05) is 72.8 Å². The lowest BCUT2D eigenvalue weighted by Gasteiger charge is -2.30. The third kappa shape index (κ3) is 2.20. The molecule has 1 fully saturated rings. The Morgan fingerprint density at radius 2 is 1.36 bits per heavy atom. The van der Waals surface area contributed by atoms with Gasteiger partial charge in [0, 0.05) is 10.5 Å². The summed E-state index contributed by atoms with van der Waals surface area (Å²) in [5.41, 5.74) is 2.17. The van der Waals surface area contributed by atoms with Gasteiger partial charge in [-0.05, 0) is 17.2 Å². The van der Waals surface area contributed by atoms with Crippen LogP contribution in [0.1, 0.15) is 32.8 Å². The van der Waals surface area contributed by atoms with Crippen LogP contribution in [0.15, 0.2) is 89.8 Å². The summed E-state index contributed by atoms with van der Waals surface area (Å²) in [5, 5.41) is -0.0405. The first-order valence-electron chi connectivity index (χ1n) is 8.39. The van der Waals surface area contributed by atoms with Gasteiger partial charge in [0.05, 0.1) is 5.25 Å². The lowest BCUT2D eigenvalue weighted by atomic mass is 9.85. The van der Waals surface area contributed by atoms with Crippen LogP contribution in [-0.2, 0) is 4.74 Å². The minimum absolute atomic E-state index is 0.0405. The number of hydrogen-bond acceptors (Lipinski definition) is 3. The standard InChI is InChI=1S/C22H16O2S/c23-19-17-13-7-8-14-18(17)25-21(16-11-5-2-6-12-16)22(19)20(24-22)15-9-3-1-4-10-15/h1-14,20-21H/t20-,21-,22-/m0/s1. The van der Waals surface area contributed by atoms with Crippen LogP contribution in [0.5, 0.6) is 0 Å². The first-order chi connectivity index (χ1) is 12.3. The van der Waals surface area contributed by atoms with Crippen molar-refractivity contribution in [2.45, 2.75) is 21.9 Å². The molecule has 0 unspecified atom stereocenters. The number of Topliss-reactive ketones (excluding diaryl/α,β-unsaturated/α-hetero) is 1. The number of carbonyl (C=O) groups is 1. The minimum Gasteiger partial charge on any atom is -0.351 e. The van der Waals surface area contributed by atoms with Gasteiger partial charge in [0.25, 0.3) is 0 Å². The highest BCUT2D eigenvalue weighted by molar-refractivity contribution is 7.99. The highest BCUT2D eigenvalue weighted by Crippen LogP contribution is 2.66. The molecule has 0 aliphatic carbocycles. The number of hydrogen-bond donors (Lipinski definition) is 0. The van der Waals surface area contributed by atoms with E-state index in [-0.39, 0.29) is 17.1 Å². The molecule has 3 aromatic rings. The molecule has 0 saturated carbocycles. The monoisotopic (exact) mass is 344 g/mol. The highest BCUT2D eigenvalue weighted by atomic mass is 32.2. The van der Waals surface area contributed by atoms with Crippen molar-refractivity contribution in [2.24, 2.45) is 0 Å². The molecule has 2 aliphatic heterocycles. The van der Waals surface area contributed by atoms with E-state index in [2.05, 4.69) is 12.1 Å². The summed E-state index contributed by atoms with van der Waals surface area (Å²) in [6.45, 7) is 0. The predicted octanol–water partition coefficient (Wildman–Crippen LogP) is 5.23. The molecule has 25 heavy (non-hydrogen) atoms. The quantitative estimate of drug-likeness (QED) is 0.597. The van der Waals surface area contributed by atoms with Gasteiger partial charge in [-0.3, -0.25) is 4.79 Å². The third-order valence-electron chi connectivity index (χ3n) is 4.97.